The van der Waals surface area contributed by atoms with Gasteiger partial charge in [0, 0.05) is 24.5 Å². The number of fused-ring (bicyclic) bond motifs is 2. The molecule has 2 N–H and O–H groups in total. The van der Waals surface area contributed by atoms with Gasteiger partial charge in [-0.05, 0) is 62.4 Å². The van der Waals surface area contributed by atoms with Crippen LogP contribution in [0.15, 0.2) is 84.9 Å². The number of aromatic hydroxyl groups is 2. The minimum Gasteiger partial charge on any atom is -0.507 e. The first-order valence-corrected chi connectivity index (χ1v) is 11.9. The van der Waals surface area contributed by atoms with E-state index in [9.17, 15) is 19.8 Å². The van der Waals surface area contributed by atoms with Crippen LogP contribution < -0.4 is 9.80 Å². The number of para-hydroxylation sites is 2. The summed E-state index contributed by atoms with van der Waals surface area (Å²) in [6, 6.07) is 25.5. The lowest BCUT2D eigenvalue weighted by molar-refractivity contribution is 0.0975. The van der Waals surface area contributed by atoms with Crippen LogP contribution in [0.25, 0.3) is 0 Å². The Kier molecular flexibility index (Phi) is 5.94. The van der Waals surface area contributed by atoms with Crippen LogP contribution in [0.5, 0.6) is 11.5 Å². The van der Waals surface area contributed by atoms with Gasteiger partial charge in [-0.15, -0.1) is 0 Å². The summed E-state index contributed by atoms with van der Waals surface area (Å²) in [7, 11) is 0. The normalized spacial score (nSPS) is 12.2. The number of phenolic OH excluding ortho intramolecular Hbond substituents is 2. The largest absolute Gasteiger partial charge is 0.507 e. The van der Waals surface area contributed by atoms with E-state index in [-0.39, 0.29) is 33.8 Å². The molecule has 0 heterocycles. The first-order valence-electron chi connectivity index (χ1n) is 11.9. The van der Waals surface area contributed by atoms with Crippen LogP contribution in [-0.4, -0.2) is 34.9 Å². The van der Waals surface area contributed by atoms with Gasteiger partial charge in [0.1, 0.15) is 11.5 Å². The summed E-state index contributed by atoms with van der Waals surface area (Å²) in [5.41, 5.74) is 2.97. The van der Waals surface area contributed by atoms with E-state index in [0.717, 1.165) is 11.4 Å². The second kappa shape index (κ2) is 9.23. The Labute approximate surface area is 209 Å². The molecule has 0 radical (unpaired) electrons. The van der Waals surface area contributed by atoms with E-state index < -0.39 is 11.6 Å². The van der Waals surface area contributed by atoms with Crippen molar-refractivity contribution in [1.82, 2.24) is 0 Å². The van der Waals surface area contributed by atoms with Gasteiger partial charge in [0.25, 0.3) is 0 Å². The third-order valence-corrected chi connectivity index (χ3v) is 6.58. The van der Waals surface area contributed by atoms with Crippen LogP contribution in [0.3, 0.4) is 0 Å². The Balaban J connectivity index is 1.83. The van der Waals surface area contributed by atoms with Crippen LogP contribution in [0, 0.1) is 0 Å². The van der Waals surface area contributed by atoms with E-state index in [1.807, 2.05) is 96.4 Å². The number of benzene rings is 4. The molecule has 36 heavy (non-hydrogen) atoms. The van der Waals surface area contributed by atoms with E-state index in [4.69, 9.17) is 0 Å². The molecule has 0 aromatic heterocycles. The van der Waals surface area contributed by atoms with Gasteiger partial charge in [0.15, 0.2) is 0 Å². The summed E-state index contributed by atoms with van der Waals surface area (Å²) in [6.07, 6.45) is 0. The fourth-order valence-corrected chi connectivity index (χ4v) is 4.98. The van der Waals surface area contributed by atoms with E-state index in [2.05, 4.69) is 0 Å². The van der Waals surface area contributed by atoms with Crippen molar-refractivity contribution in [2.24, 2.45) is 0 Å². The van der Waals surface area contributed by atoms with Crippen LogP contribution in [-0.2, 0) is 0 Å². The fraction of sp³-hybridized carbons (Fsp3) is 0.133. The second-order valence-electron chi connectivity index (χ2n) is 8.53. The zero-order valence-electron chi connectivity index (χ0n) is 20.1. The first-order chi connectivity index (χ1) is 17.5. The van der Waals surface area contributed by atoms with E-state index in [1.165, 1.54) is 12.1 Å². The molecule has 1 aliphatic rings. The molecular weight excluding hydrogens is 452 g/mol. The summed E-state index contributed by atoms with van der Waals surface area (Å²) < 4.78 is 0. The lowest BCUT2D eigenvalue weighted by Gasteiger charge is -2.33. The average Bonchev–Trinajstić information content (AvgIpc) is 2.91. The summed E-state index contributed by atoms with van der Waals surface area (Å²) >= 11 is 0. The predicted octanol–water partition coefficient (Wildman–Crippen LogP) is 6.19. The minimum absolute atomic E-state index is 0.169. The Bertz CT molecular complexity index is 1350. The lowest BCUT2D eigenvalue weighted by Crippen LogP contribution is -2.29. The Morgan fingerprint density at radius 3 is 1.22 bits per heavy atom. The maximum atomic E-state index is 14.0. The molecule has 1 aliphatic carbocycles. The number of rotatable bonds is 6. The number of ketones is 2. The van der Waals surface area contributed by atoms with E-state index >= 15 is 0 Å². The molecule has 4 aromatic rings. The van der Waals surface area contributed by atoms with Crippen molar-refractivity contribution in [3.63, 3.8) is 0 Å². The average molecular weight is 479 g/mol. The van der Waals surface area contributed by atoms with Gasteiger partial charge in [-0.1, -0.05) is 36.4 Å². The number of carbonyl (C=O) groups is 2. The number of hydrogen-bond acceptors (Lipinski definition) is 6. The van der Waals surface area contributed by atoms with E-state index in [0.29, 0.717) is 24.5 Å². The number of phenols is 2. The minimum atomic E-state index is -0.497. The smallest absolute Gasteiger partial charge is 0.200 e. The second-order valence-corrected chi connectivity index (χ2v) is 8.53. The molecule has 4 aromatic carbocycles. The van der Waals surface area contributed by atoms with Gasteiger partial charge in [-0.3, -0.25) is 9.59 Å². The number of hydrogen-bond donors (Lipinski definition) is 2. The predicted molar refractivity (Wildman–Crippen MR) is 141 cm³/mol. The van der Waals surface area contributed by atoms with Crippen molar-refractivity contribution in [3.05, 3.63) is 107 Å². The van der Waals surface area contributed by atoms with Crippen molar-refractivity contribution < 1.29 is 19.8 Å². The Hall–Kier alpha value is -4.58. The zero-order valence-corrected chi connectivity index (χ0v) is 20.1. The van der Waals surface area contributed by atoms with Gasteiger partial charge in [0.2, 0.25) is 11.6 Å². The number of nitrogens with zero attached hydrogens (tertiary/aromatic N) is 2. The van der Waals surface area contributed by atoms with Gasteiger partial charge in [-0.2, -0.15) is 0 Å². The molecule has 0 aliphatic heterocycles. The van der Waals surface area contributed by atoms with Gasteiger partial charge in [0.05, 0.1) is 33.6 Å². The van der Waals surface area contributed by atoms with Crippen molar-refractivity contribution in [1.29, 1.82) is 0 Å². The molecule has 0 amide bonds. The molecule has 0 fully saturated rings. The maximum Gasteiger partial charge on any atom is 0.200 e. The standard InChI is InChI=1S/C30H26N2O4/c1-3-31(19-11-7-5-8-12-19)21-15-16-22(32(4-2)20-13-9-6-10-14-20)26-25(21)29(35)27-23(33)17-18-24(34)28(27)30(26)36/h5-18,33-34H,3-4H2,1-2H3. The third kappa shape index (κ3) is 3.58. The van der Waals surface area contributed by atoms with Gasteiger partial charge >= 0.3 is 0 Å². The molecule has 0 saturated heterocycles. The monoisotopic (exact) mass is 478 g/mol. The maximum absolute atomic E-state index is 14.0. The zero-order chi connectivity index (χ0) is 25.4. The topological polar surface area (TPSA) is 81.1 Å². The highest BCUT2D eigenvalue weighted by Crippen LogP contribution is 2.46. The molecule has 0 bridgehead atoms. The molecular formula is C30H26N2O4. The molecule has 0 unspecified atom stereocenters. The van der Waals surface area contributed by atoms with Crippen molar-refractivity contribution in [2.75, 3.05) is 22.9 Å². The Morgan fingerprint density at radius 1 is 0.528 bits per heavy atom. The van der Waals surface area contributed by atoms with Gasteiger partial charge < -0.3 is 20.0 Å². The van der Waals surface area contributed by atoms with Crippen LogP contribution in [0.4, 0.5) is 22.7 Å². The van der Waals surface area contributed by atoms with E-state index in [1.54, 1.807) is 0 Å². The van der Waals surface area contributed by atoms with Crippen molar-refractivity contribution in [3.8, 4) is 11.5 Å². The third-order valence-electron chi connectivity index (χ3n) is 6.58. The summed E-state index contributed by atoms with van der Waals surface area (Å²) in [5.74, 6) is -1.66. The number of anilines is 4. The van der Waals surface area contributed by atoms with Crippen LogP contribution >= 0.6 is 0 Å². The van der Waals surface area contributed by atoms with Crippen LogP contribution in [0.1, 0.15) is 45.7 Å². The van der Waals surface area contributed by atoms with Crippen LogP contribution in [0.2, 0.25) is 0 Å². The molecule has 180 valence electrons. The SMILES string of the molecule is CCN(c1ccccc1)c1ccc(N(CC)c2ccccc2)c2c1C(=O)c1c(O)ccc(O)c1C2=O. The highest BCUT2D eigenvalue weighted by molar-refractivity contribution is 6.33. The molecule has 0 atom stereocenters. The summed E-state index contributed by atoms with van der Waals surface area (Å²) in [5, 5.41) is 21.2. The first kappa shape index (κ1) is 23.2. The summed E-state index contributed by atoms with van der Waals surface area (Å²) in [4.78, 5) is 32.0. The summed E-state index contributed by atoms with van der Waals surface area (Å²) in [6.45, 7) is 5.04. The quantitative estimate of drug-likeness (QED) is 0.283. The molecule has 6 nitrogen and oxygen atoms in total. The number of carbonyl (C=O) groups excluding carboxylic acids is 2. The Morgan fingerprint density at radius 2 is 0.889 bits per heavy atom. The van der Waals surface area contributed by atoms with Gasteiger partial charge in [-0.25, -0.2) is 0 Å². The molecule has 0 saturated carbocycles. The fourth-order valence-electron chi connectivity index (χ4n) is 4.98. The molecule has 6 heteroatoms. The van der Waals surface area contributed by atoms with Crippen molar-refractivity contribution in [2.45, 2.75) is 13.8 Å². The molecule has 5 rings (SSSR count). The highest BCUT2D eigenvalue weighted by atomic mass is 16.3. The highest BCUT2D eigenvalue weighted by Gasteiger charge is 2.39. The molecule has 0 spiro atoms. The lowest BCUT2D eigenvalue weighted by atomic mass is 9.80. The van der Waals surface area contributed by atoms with Crippen molar-refractivity contribution >= 4 is 34.3 Å².